The van der Waals surface area contributed by atoms with Crippen molar-refractivity contribution in [1.82, 2.24) is 15.3 Å². The summed E-state index contributed by atoms with van der Waals surface area (Å²) in [6.45, 7) is 1.60. The smallest absolute Gasteiger partial charge is 0.371 e. The third-order valence-electron chi connectivity index (χ3n) is 3.69. The maximum atomic E-state index is 14.3. The Morgan fingerprint density at radius 1 is 1.30 bits per heavy atom. The van der Waals surface area contributed by atoms with Gasteiger partial charge in [0.15, 0.2) is 5.69 Å². The van der Waals surface area contributed by atoms with Crippen LogP contribution in [0.2, 0.25) is 0 Å². The first-order valence-corrected chi connectivity index (χ1v) is 7.67. The summed E-state index contributed by atoms with van der Waals surface area (Å²) in [5.74, 6) is -1.52. The van der Waals surface area contributed by atoms with E-state index in [1.165, 1.54) is 12.1 Å². The molecule has 2 heterocycles. The fourth-order valence-electron chi connectivity index (χ4n) is 2.44. The van der Waals surface area contributed by atoms with Gasteiger partial charge in [-0.15, -0.1) is 12.4 Å². The lowest BCUT2D eigenvalue weighted by atomic mass is 10.1. The van der Waals surface area contributed by atoms with Crippen LogP contribution in [0.3, 0.4) is 0 Å². The van der Waals surface area contributed by atoms with Crippen LogP contribution in [0, 0.1) is 5.82 Å². The molecule has 1 fully saturated rings. The Kier molecular flexibility index (Phi) is 6.68. The summed E-state index contributed by atoms with van der Waals surface area (Å²) in [7, 11) is 0. The van der Waals surface area contributed by atoms with Gasteiger partial charge in [-0.3, -0.25) is 9.78 Å². The molecule has 27 heavy (non-hydrogen) atoms. The normalized spacial score (nSPS) is 17.1. The number of rotatable bonds is 3. The Morgan fingerprint density at radius 3 is 2.70 bits per heavy atom. The second kappa shape index (κ2) is 8.59. The summed E-state index contributed by atoms with van der Waals surface area (Å²) in [4.78, 5) is 18.7. The molecule has 1 atom stereocenters. The van der Waals surface area contributed by atoms with Crippen molar-refractivity contribution in [3.05, 3.63) is 53.4 Å². The summed E-state index contributed by atoms with van der Waals surface area (Å²) in [5, 5.41) is 5.38. The Labute approximate surface area is 157 Å². The summed E-state index contributed by atoms with van der Waals surface area (Å²) < 4.78 is 57.6. The van der Waals surface area contributed by atoms with Crippen LogP contribution in [-0.4, -0.2) is 35.6 Å². The number of hydrogen-bond donors (Lipinski definition) is 2. The molecule has 1 aliphatic rings. The van der Waals surface area contributed by atoms with Crippen molar-refractivity contribution in [2.24, 2.45) is 0 Å². The molecule has 1 aromatic heterocycles. The monoisotopic (exact) mass is 406 g/mol. The van der Waals surface area contributed by atoms with Crippen molar-refractivity contribution in [2.75, 3.05) is 25.0 Å². The van der Waals surface area contributed by atoms with E-state index in [1.54, 1.807) is 0 Å². The average molecular weight is 407 g/mol. The zero-order valence-electron chi connectivity index (χ0n) is 13.7. The molecular formula is C16H15ClF4N4O2. The van der Waals surface area contributed by atoms with Gasteiger partial charge in [-0.1, -0.05) is 6.07 Å². The van der Waals surface area contributed by atoms with E-state index >= 15 is 0 Å². The Morgan fingerprint density at radius 2 is 2.07 bits per heavy atom. The Balaban J connectivity index is 0.00000261. The zero-order chi connectivity index (χ0) is 18.7. The molecule has 2 N–H and O–H groups in total. The molecule has 0 spiro atoms. The Hall–Kier alpha value is -2.30. The number of carbonyl (C=O) groups excluding carboxylic acids is 1. The number of amides is 1. The van der Waals surface area contributed by atoms with Gasteiger partial charge in [0.25, 0.3) is 5.91 Å². The van der Waals surface area contributed by atoms with E-state index < -0.39 is 35.4 Å². The number of hydrogen-bond acceptors (Lipinski definition) is 5. The number of nitrogens with zero attached hydrogens (tertiary/aromatic N) is 2. The number of alkyl halides is 3. The zero-order valence-corrected chi connectivity index (χ0v) is 14.5. The lowest BCUT2D eigenvalue weighted by Crippen LogP contribution is -2.33. The number of morpholine rings is 1. The highest BCUT2D eigenvalue weighted by atomic mass is 35.5. The third-order valence-corrected chi connectivity index (χ3v) is 3.69. The van der Waals surface area contributed by atoms with E-state index in [2.05, 4.69) is 20.6 Å². The van der Waals surface area contributed by atoms with Crippen molar-refractivity contribution in [3.63, 3.8) is 0 Å². The number of anilines is 1. The molecule has 0 aliphatic carbocycles. The summed E-state index contributed by atoms with van der Waals surface area (Å²) in [5.41, 5.74) is -1.40. The third kappa shape index (κ3) is 5.12. The number of benzene rings is 1. The van der Waals surface area contributed by atoms with Crippen LogP contribution in [0.15, 0.2) is 30.6 Å². The standard InChI is InChI=1S/C16H14F4N4O2.ClH/c17-11-5-9(1-2-10(11)13-7-21-3-4-26-13)23-15(25)12-6-22-8-14(24-12)16(18,19)20;/h1-2,5-6,8,13,21H,3-4,7H2,(H,23,25);1H. The van der Waals surface area contributed by atoms with E-state index in [0.29, 0.717) is 31.5 Å². The maximum absolute atomic E-state index is 14.3. The molecule has 1 amide bonds. The molecule has 1 aliphatic heterocycles. The molecule has 1 unspecified atom stereocenters. The van der Waals surface area contributed by atoms with Crippen molar-refractivity contribution in [2.45, 2.75) is 12.3 Å². The molecule has 0 saturated carbocycles. The first-order chi connectivity index (χ1) is 12.3. The van der Waals surface area contributed by atoms with E-state index in [-0.39, 0.29) is 18.1 Å². The molecule has 11 heteroatoms. The SMILES string of the molecule is Cl.O=C(Nc1ccc(C2CNCCO2)c(F)c1)c1cncc(C(F)(F)F)n1. The van der Waals surface area contributed by atoms with Crippen LogP contribution in [0.5, 0.6) is 0 Å². The first kappa shape index (κ1) is 21.0. The lowest BCUT2D eigenvalue weighted by molar-refractivity contribution is -0.141. The second-order valence-corrected chi connectivity index (χ2v) is 5.54. The van der Waals surface area contributed by atoms with Gasteiger partial charge in [0, 0.05) is 24.3 Å². The van der Waals surface area contributed by atoms with Crippen LogP contribution < -0.4 is 10.6 Å². The first-order valence-electron chi connectivity index (χ1n) is 7.67. The fourth-order valence-corrected chi connectivity index (χ4v) is 2.44. The van der Waals surface area contributed by atoms with Crippen molar-refractivity contribution in [3.8, 4) is 0 Å². The molecule has 3 rings (SSSR count). The summed E-state index contributed by atoms with van der Waals surface area (Å²) in [6, 6.07) is 3.97. The van der Waals surface area contributed by atoms with E-state index in [9.17, 15) is 22.4 Å². The number of ether oxygens (including phenoxy) is 1. The lowest BCUT2D eigenvalue weighted by Gasteiger charge is -2.24. The molecule has 0 radical (unpaired) electrons. The molecule has 146 valence electrons. The van der Waals surface area contributed by atoms with Crippen LogP contribution in [-0.2, 0) is 10.9 Å². The second-order valence-electron chi connectivity index (χ2n) is 5.54. The van der Waals surface area contributed by atoms with Gasteiger partial charge in [-0.05, 0) is 12.1 Å². The average Bonchev–Trinajstić information content (AvgIpc) is 2.62. The predicted molar refractivity (Wildman–Crippen MR) is 90.2 cm³/mol. The van der Waals surface area contributed by atoms with Gasteiger partial charge in [0.1, 0.15) is 11.5 Å². The summed E-state index contributed by atoms with van der Waals surface area (Å²) in [6.07, 6.45) is -3.74. The van der Waals surface area contributed by atoms with Crippen LogP contribution >= 0.6 is 12.4 Å². The van der Waals surface area contributed by atoms with Gasteiger partial charge in [0.2, 0.25) is 0 Å². The van der Waals surface area contributed by atoms with Crippen LogP contribution in [0.4, 0.5) is 23.2 Å². The minimum absolute atomic E-state index is 0. The van der Waals surface area contributed by atoms with Gasteiger partial charge in [-0.2, -0.15) is 13.2 Å². The molecule has 1 saturated heterocycles. The van der Waals surface area contributed by atoms with Crippen molar-refractivity contribution < 1.29 is 27.1 Å². The highest BCUT2D eigenvalue weighted by molar-refractivity contribution is 6.02. The topological polar surface area (TPSA) is 76.1 Å². The van der Waals surface area contributed by atoms with Gasteiger partial charge in [-0.25, -0.2) is 9.37 Å². The van der Waals surface area contributed by atoms with Crippen molar-refractivity contribution >= 4 is 24.0 Å². The number of halogens is 5. The molecule has 2 aromatic rings. The van der Waals surface area contributed by atoms with E-state index in [4.69, 9.17) is 4.74 Å². The van der Waals surface area contributed by atoms with Gasteiger partial charge < -0.3 is 15.4 Å². The Bertz CT molecular complexity index is 813. The van der Waals surface area contributed by atoms with Crippen LogP contribution in [0.1, 0.15) is 27.8 Å². The maximum Gasteiger partial charge on any atom is 0.434 e. The molecule has 1 aromatic carbocycles. The highest BCUT2D eigenvalue weighted by Gasteiger charge is 2.33. The molecular weight excluding hydrogens is 392 g/mol. The molecule has 0 bridgehead atoms. The number of nitrogens with one attached hydrogen (secondary N) is 2. The van der Waals surface area contributed by atoms with Gasteiger partial charge in [0.05, 0.1) is 25.1 Å². The van der Waals surface area contributed by atoms with Crippen molar-refractivity contribution in [1.29, 1.82) is 0 Å². The number of aromatic nitrogens is 2. The van der Waals surface area contributed by atoms with Gasteiger partial charge >= 0.3 is 6.18 Å². The highest BCUT2D eigenvalue weighted by Crippen LogP contribution is 2.27. The minimum Gasteiger partial charge on any atom is -0.371 e. The molecule has 6 nitrogen and oxygen atoms in total. The fraction of sp³-hybridized carbons (Fsp3) is 0.312. The number of carbonyl (C=O) groups is 1. The van der Waals surface area contributed by atoms with E-state index in [1.807, 2.05) is 0 Å². The predicted octanol–water partition coefficient (Wildman–Crippen LogP) is 2.97. The summed E-state index contributed by atoms with van der Waals surface area (Å²) >= 11 is 0. The van der Waals surface area contributed by atoms with Crippen LogP contribution in [0.25, 0.3) is 0 Å². The quantitative estimate of drug-likeness (QED) is 0.766. The van der Waals surface area contributed by atoms with E-state index in [0.717, 1.165) is 12.3 Å². The largest absolute Gasteiger partial charge is 0.434 e. The minimum atomic E-state index is -4.72.